The van der Waals surface area contributed by atoms with Crippen LogP contribution in [-0.4, -0.2) is 60.2 Å². The van der Waals surface area contributed by atoms with Gasteiger partial charge in [0.05, 0.1) is 5.75 Å². The van der Waals surface area contributed by atoms with Crippen LogP contribution in [0.25, 0.3) is 0 Å². The van der Waals surface area contributed by atoms with E-state index in [0.29, 0.717) is 24.1 Å². The van der Waals surface area contributed by atoms with Gasteiger partial charge in [0, 0.05) is 38.4 Å². The van der Waals surface area contributed by atoms with Crippen LogP contribution in [0.15, 0.2) is 17.6 Å². The molecule has 1 fully saturated rings. The van der Waals surface area contributed by atoms with E-state index in [1.165, 1.54) is 11.8 Å². The lowest BCUT2D eigenvalue weighted by atomic mass is 9.93. The third-order valence-corrected chi connectivity index (χ3v) is 4.92. The Labute approximate surface area is 144 Å². The van der Waals surface area contributed by atoms with E-state index in [9.17, 15) is 9.59 Å². The van der Waals surface area contributed by atoms with Gasteiger partial charge in [-0.05, 0) is 19.8 Å². The minimum atomic E-state index is -0.181. The quantitative estimate of drug-likeness (QED) is 0.641. The standard InChI is InChI=1S/C15H20N6O2S/c1-10-17-15(19-18-10)24-9-12(22)21-6-3-4-11(8-21)13(23)14-16-5-7-20(14)2/h5,7,11H,3-4,6,8-9H2,1-2H3,(H,17,18,19)/t11-/m1/s1. The summed E-state index contributed by atoms with van der Waals surface area (Å²) in [7, 11) is 1.81. The second-order valence-corrected chi connectivity index (χ2v) is 6.84. The Morgan fingerprint density at radius 3 is 2.96 bits per heavy atom. The molecule has 2 aromatic heterocycles. The van der Waals surface area contributed by atoms with Gasteiger partial charge >= 0.3 is 0 Å². The number of Topliss-reactive ketones (excluding diaryl/α,β-unsaturated/α-hetero) is 1. The number of imidazole rings is 1. The Morgan fingerprint density at radius 2 is 2.29 bits per heavy atom. The molecule has 0 radical (unpaired) electrons. The Hall–Kier alpha value is -2.16. The van der Waals surface area contributed by atoms with Gasteiger partial charge in [-0.1, -0.05) is 11.8 Å². The molecule has 1 aliphatic heterocycles. The second kappa shape index (κ2) is 7.16. The summed E-state index contributed by atoms with van der Waals surface area (Å²) in [5, 5.41) is 7.33. The summed E-state index contributed by atoms with van der Waals surface area (Å²) in [6.45, 7) is 2.96. The molecule has 1 atom stereocenters. The van der Waals surface area contributed by atoms with Crippen LogP contribution in [0.1, 0.15) is 29.3 Å². The van der Waals surface area contributed by atoms with Crippen molar-refractivity contribution in [1.29, 1.82) is 0 Å². The molecule has 0 spiro atoms. The number of nitrogens with zero attached hydrogens (tertiary/aromatic N) is 5. The number of ketones is 1. The summed E-state index contributed by atoms with van der Waals surface area (Å²) in [6, 6.07) is 0. The van der Waals surface area contributed by atoms with E-state index >= 15 is 0 Å². The highest BCUT2D eigenvalue weighted by Gasteiger charge is 2.30. The number of carbonyl (C=O) groups excluding carboxylic acids is 2. The van der Waals surface area contributed by atoms with Crippen LogP contribution >= 0.6 is 11.8 Å². The fraction of sp³-hybridized carbons (Fsp3) is 0.533. The lowest BCUT2D eigenvalue weighted by Crippen LogP contribution is -2.43. The molecule has 0 saturated carbocycles. The van der Waals surface area contributed by atoms with Crippen molar-refractivity contribution in [1.82, 2.24) is 29.6 Å². The molecule has 1 amide bonds. The predicted molar refractivity (Wildman–Crippen MR) is 88.7 cm³/mol. The predicted octanol–water partition coefficient (Wildman–Crippen LogP) is 1.06. The van der Waals surface area contributed by atoms with Crippen molar-refractivity contribution >= 4 is 23.5 Å². The number of amides is 1. The zero-order chi connectivity index (χ0) is 17.1. The lowest BCUT2D eigenvalue weighted by Gasteiger charge is -2.31. The van der Waals surface area contributed by atoms with Crippen LogP contribution in [0.3, 0.4) is 0 Å². The van der Waals surface area contributed by atoms with Crippen LogP contribution in [0.2, 0.25) is 0 Å². The van der Waals surface area contributed by atoms with Crippen molar-refractivity contribution in [2.45, 2.75) is 24.9 Å². The number of likely N-dealkylation sites (tertiary alicyclic amines) is 1. The van der Waals surface area contributed by atoms with E-state index < -0.39 is 0 Å². The third kappa shape index (κ3) is 3.66. The van der Waals surface area contributed by atoms with Crippen LogP contribution in [0.4, 0.5) is 0 Å². The fourth-order valence-corrected chi connectivity index (χ4v) is 3.55. The van der Waals surface area contributed by atoms with Crippen LogP contribution in [0, 0.1) is 12.8 Å². The number of carbonyl (C=O) groups is 2. The van der Waals surface area contributed by atoms with E-state index in [1.54, 1.807) is 21.9 Å². The lowest BCUT2D eigenvalue weighted by molar-refractivity contribution is -0.129. The van der Waals surface area contributed by atoms with Gasteiger partial charge in [-0.2, -0.15) is 0 Å². The fourth-order valence-electron chi connectivity index (χ4n) is 2.81. The molecule has 9 heteroatoms. The number of nitrogens with one attached hydrogen (secondary N) is 1. The number of hydrogen-bond donors (Lipinski definition) is 1. The van der Waals surface area contributed by atoms with Crippen molar-refractivity contribution in [2.24, 2.45) is 13.0 Å². The number of aromatic nitrogens is 5. The summed E-state index contributed by atoms with van der Waals surface area (Å²) in [4.78, 5) is 35.1. The largest absolute Gasteiger partial charge is 0.341 e. The van der Waals surface area contributed by atoms with E-state index in [-0.39, 0.29) is 23.4 Å². The minimum absolute atomic E-state index is 0.0113. The minimum Gasteiger partial charge on any atom is -0.341 e. The molecule has 3 rings (SSSR count). The molecule has 0 bridgehead atoms. The topological polar surface area (TPSA) is 96.8 Å². The van der Waals surface area contributed by atoms with Crippen molar-refractivity contribution in [3.63, 3.8) is 0 Å². The number of aromatic amines is 1. The summed E-state index contributed by atoms with van der Waals surface area (Å²) in [5.41, 5.74) is 0. The van der Waals surface area contributed by atoms with E-state index in [2.05, 4.69) is 20.2 Å². The number of aryl methyl sites for hydroxylation is 2. The van der Waals surface area contributed by atoms with Crippen molar-refractivity contribution in [3.05, 3.63) is 24.0 Å². The molecule has 1 N–H and O–H groups in total. The summed E-state index contributed by atoms with van der Waals surface area (Å²) < 4.78 is 1.73. The van der Waals surface area contributed by atoms with Gasteiger partial charge in [0.1, 0.15) is 5.82 Å². The molecule has 128 valence electrons. The molecule has 0 unspecified atom stereocenters. The Kier molecular flexibility index (Phi) is 4.98. The maximum atomic E-state index is 12.6. The molecule has 0 aromatic carbocycles. The highest BCUT2D eigenvalue weighted by atomic mass is 32.2. The zero-order valence-corrected chi connectivity index (χ0v) is 14.5. The third-order valence-electron chi connectivity index (χ3n) is 4.09. The first-order chi connectivity index (χ1) is 11.5. The number of hydrogen-bond acceptors (Lipinski definition) is 6. The molecular weight excluding hydrogens is 328 g/mol. The average Bonchev–Trinajstić information content (AvgIpc) is 3.20. The maximum Gasteiger partial charge on any atom is 0.233 e. The summed E-state index contributed by atoms with van der Waals surface area (Å²) in [5.74, 6) is 1.31. The Morgan fingerprint density at radius 1 is 1.46 bits per heavy atom. The monoisotopic (exact) mass is 348 g/mol. The molecular formula is C15H20N6O2S. The maximum absolute atomic E-state index is 12.6. The van der Waals surface area contributed by atoms with Crippen LogP contribution in [0.5, 0.6) is 0 Å². The summed E-state index contributed by atoms with van der Waals surface area (Å²) in [6.07, 6.45) is 5.00. The molecule has 8 nitrogen and oxygen atoms in total. The number of rotatable bonds is 5. The molecule has 3 heterocycles. The molecule has 2 aromatic rings. The first-order valence-electron chi connectivity index (χ1n) is 7.85. The zero-order valence-electron chi connectivity index (χ0n) is 13.7. The highest BCUT2D eigenvalue weighted by molar-refractivity contribution is 7.99. The van der Waals surface area contributed by atoms with Gasteiger partial charge in [-0.3, -0.25) is 14.7 Å². The van der Waals surface area contributed by atoms with Crippen molar-refractivity contribution in [3.8, 4) is 0 Å². The first-order valence-corrected chi connectivity index (χ1v) is 8.84. The number of H-pyrrole nitrogens is 1. The van der Waals surface area contributed by atoms with Gasteiger partial charge in [0.25, 0.3) is 0 Å². The van der Waals surface area contributed by atoms with E-state index in [1.807, 2.05) is 14.0 Å². The van der Waals surface area contributed by atoms with Gasteiger partial charge in [-0.15, -0.1) is 5.10 Å². The van der Waals surface area contributed by atoms with E-state index in [4.69, 9.17) is 0 Å². The van der Waals surface area contributed by atoms with Crippen LogP contribution < -0.4 is 0 Å². The number of thioether (sulfide) groups is 1. The molecule has 1 aliphatic rings. The molecule has 24 heavy (non-hydrogen) atoms. The smallest absolute Gasteiger partial charge is 0.233 e. The van der Waals surface area contributed by atoms with Gasteiger partial charge in [0.2, 0.25) is 16.8 Å². The Balaban J connectivity index is 1.57. The van der Waals surface area contributed by atoms with Gasteiger partial charge in [0.15, 0.2) is 5.82 Å². The number of piperidine rings is 1. The van der Waals surface area contributed by atoms with Gasteiger partial charge in [-0.25, -0.2) is 9.97 Å². The molecule has 0 aliphatic carbocycles. The van der Waals surface area contributed by atoms with E-state index in [0.717, 1.165) is 18.7 Å². The SMILES string of the molecule is Cc1nc(SCC(=O)N2CCC[C@@H](C(=O)c3nccn3C)C2)n[nH]1. The van der Waals surface area contributed by atoms with Crippen molar-refractivity contribution in [2.75, 3.05) is 18.8 Å². The Bertz CT molecular complexity index is 740. The second-order valence-electron chi connectivity index (χ2n) is 5.90. The molecule has 1 saturated heterocycles. The highest BCUT2D eigenvalue weighted by Crippen LogP contribution is 2.22. The van der Waals surface area contributed by atoms with Crippen molar-refractivity contribution < 1.29 is 9.59 Å². The first kappa shape index (κ1) is 16.7. The van der Waals surface area contributed by atoms with Gasteiger partial charge < -0.3 is 9.47 Å². The average molecular weight is 348 g/mol. The van der Waals surface area contributed by atoms with Crippen LogP contribution in [-0.2, 0) is 11.8 Å². The summed E-state index contributed by atoms with van der Waals surface area (Å²) >= 11 is 1.31. The normalized spacial score (nSPS) is 17.9.